The molecule has 0 radical (unpaired) electrons. The maximum absolute atomic E-state index is 12.2. The Labute approximate surface area is 164 Å². The van der Waals surface area contributed by atoms with Gasteiger partial charge in [-0.2, -0.15) is 0 Å². The number of H-pyrrole nitrogens is 1. The molecule has 1 aliphatic heterocycles. The molecule has 1 fully saturated rings. The molecule has 0 bridgehead atoms. The van der Waals surface area contributed by atoms with Crippen molar-refractivity contribution in [1.29, 1.82) is 0 Å². The highest BCUT2D eigenvalue weighted by atomic mass is 16.5. The van der Waals surface area contributed by atoms with Crippen LogP contribution in [0.2, 0.25) is 0 Å². The molecule has 1 N–H and O–H groups in total. The first-order valence-corrected chi connectivity index (χ1v) is 9.83. The Hall–Kier alpha value is -2.86. The second kappa shape index (κ2) is 8.44. The van der Waals surface area contributed by atoms with Gasteiger partial charge in [-0.3, -0.25) is 9.69 Å². The van der Waals surface area contributed by atoms with Gasteiger partial charge in [0.2, 0.25) is 0 Å². The number of ether oxygens (including phenoxy) is 1. The van der Waals surface area contributed by atoms with Crippen molar-refractivity contribution in [2.45, 2.75) is 12.8 Å². The summed E-state index contributed by atoms with van der Waals surface area (Å²) in [4.78, 5) is 24.5. The Morgan fingerprint density at radius 3 is 2.61 bits per heavy atom. The minimum absolute atomic E-state index is 0.0500. The van der Waals surface area contributed by atoms with Crippen molar-refractivity contribution in [1.82, 2.24) is 14.9 Å². The van der Waals surface area contributed by atoms with E-state index in [2.05, 4.69) is 31.9 Å². The summed E-state index contributed by atoms with van der Waals surface area (Å²) in [6, 6.07) is 15.7. The molecular formula is C22H26N4O2. The van der Waals surface area contributed by atoms with Crippen LogP contribution in [0.3, 0.4) is 0 Å². The van der Waals surface area contributed by atoms with E-state index in [-0.39, 0.29) is 5.56 Å². The second-order valence-electron chi connectivity index (χ2n) is 7.13. The van der Waals surface area contributed by atoms with Gasteiger partial charge in [-0.05, 0) is 37.2 Å². The maximum atomic E-state index is 12.2. The van der Waals surface area contributed by atoms with Crippen LogP contribution in [0.5, 0.6) is 5.75 Å². The predicted molar refractivity (Wildman–Crippen MR) is 112 cm³/mol. The molecule has 0 aliphatic carbocycles. The van der Waals surface area contributed by atoms with Crippen molar-refractivity contribution >= 4 is 16.6 Å². The van der Waals surface area contributed by atoms with Crippen LogP contribution in [0, 0.1) is 0 Å². The van der Waals surface area contributed by atoms with E-state index in [0.717, 1.165) is 62.7 Å². The van der Waals surface area contributed by atoms with Gasteiger partial charge in [-0.1, -0.05) is 24.3 Å². The Kier molecular flexibility index (Phi) is 5.58. The van der Waals surface area contributed by atoms with Gasteiger partial charge in [0.1, 0.15) is 11.6 Å². The number of rotatable bonds is 6. The zero-order valence-corrected chi connectivity index (χ0v) is 16.2. The van der Waals surface area contributed by atoms with E-state index >= 15 is 0 Å². The average Bonchev–Trinajstić information content (AvgIpc) is 2.74. The number of hydrogen-bond acceptors (Lipinski definition) is 5. The van der Waals surface area contributed by atoms with E-state index < -0.39 is 0 Å². The normalized spacial score (nSPS) is 15.1. The first-order chi connectivity index (χ1) is 13.7. The van der Waals surface area contributed by atoms with Gasteiger partial charge in [-0.25, -0.2) is 4.98 Å². The standard InChI is InChI=1S/C22H26N4O2/c1-28-20-10-5-4-9-19(20)26-15-13-25(14-16-26)12-6-11-21-23-18-8-3-2-7-17(18)22(27)24-21/h2-5,7-10H,6,11-16H2,1H3,(H,23,24,27). The minimum Gasteiger partial charge on any atom is -0.495 e. The summed E-state index contributed by atoms with van der Waals surface area (Å²) in [5, 5.41) is 0.652. The number of aromatic amines is 1. The van der Waals surface area contributed by atoms with Crippen LogP contribution in [0.1, 0.15) is 12.2 Å². The third kappa shape index (κ3) is 4.02. The van der Waals surface area contributed by atoms with Gasteiger partial charge < -0.3 is 14.6 Å². The predicted octanol–water partition coefficient (Wildman–Crippen LogP) is 2.69. The van der Waals surface area contributed by atoms with Crippen LogP contribution in [-0.4, -0.2) is 54.7 Å². The van der Waals surface area contributed by atoms with Crippen LogP contribution in [-0.2, 0) is 6.42 Å². The number of piperazine rings is 1. The molecule has 0 saturated carbocycles. The van der Waals surface area contributed by atoms with Gasteiger partial charge in [-0.15, -0.1) is 0 Å². The molecule has 1 aromatic heterocycles. The zero-order valence-electron chi connectivity index (χ0n) is 16.2. The van der Waals surface area contributed by atoms with Gasteiger partial charge in [0.25, 0.3) is 5.56 Å². The number of nitrogens with one attached hydrogen (secondary N) is 1. The van der Waals surface area contributed by atoms with Crippen LogP contribution < -0.4 is 15.2 Å². The first-order valence-electron chi connectivity index (χ1n) is 9.83. The fraction of sp³-hybridized carbons (Fsp3) is 0.364. The lowest BCUT2D eigenvalue weighted by atomic mass is 10.2. The lowest BCUT2D eigenvalue weighted by molar-refractivity contribution is 0.254. The molecule has 1 saturated heterocycles. The Balaban J connectivity index is 1.30. The number of aromatic nitrogens is 2. The minimum atomic E-state index is -0.0500. The molecule has 3 aromatic rings. The molecule has 6 nitrogen and oxygen atoms in total. The van der Waals surface area contributed by atoms with E-state index in [4.69, 9.17) is 4.74 Å². The van der Waals surface area contributed by atoms with E-state index in [1.807, 2.05) is 36.4 Å². The summed E-state index contributed by atoms with van der Waals surface area (Å²) >= 11 is 0. The van der Waals surface area contributed by atoms with E-state index in [9.17, 15) is 4.79 Å². The molecule has 2 heterocycles. The largest absolute Gasteiger partial charge is 0.495 e. The SMILES string of the molecule is COc1ccccc1N1CCN(CCCc2nc3ccccc3c(=O)[nH]2)CC1. The number of nitrogens with zero attached hydrogens (tertiary/aromatic N) is 3. The van der Waals surface area contributed by atoms with E-state index in [0.29, 0.717) is 5.39 Å². The highest BCUT2D eigenvalue weighted by molar-refractivity contribution is 5.77. The van der Waals surface area contributed by atoms with Gasteiger partial charge in [0.15, 0.2) is 0 Å². The lowest BCUT2D eigenvalue weighted by Crippen LogP contribution is -2.46. The molecule has 0 unspecified atom stereocenters. The van der Waals surface area contributed by atoms with Crippen LogP contribution in [0.25, 0.3) is 10.9 Å². The lowest BCUT2D eigenvalue weighted by Gasteiger charge is -2.36. The molecule has 0 atom stereocenters. The molecule has 4 rings (SSSR count). The monoisotopic (exact) mass is 378 g/mol. The first kappa shape index (κ1) is 18.5. The maximum Gasteiger partial charge on any atom is 0.258 e. The number of aryl methyl sites for hydroxylation is 1. The van der Waals surface area contributed by atoms with Crippen molar-refractivity contribution in [2.75, 3.05) is 44.7 Å². The van der Waals surface area contributed by atoms with Crippen molar-refractivity contribution < 1.29 is 4.74 Å². The molecule has 2 aromatic carbocycles. The Bertz CT molecular complexity index is 993. The molecule has 146 valence electrons. The van der Waals surface area contributed by atoms with Crippen molar-refractivity contribution in [3.8, 4) is 5.75 Å². The Morgan fingerprint density at radius 1 is 1.04 bits per heavy atom. The molecule has 6 heteroatoms. The smallest absolute Gasteiger partial charge is 0.258 e. The summed E-state index contributed by atoms with van der Waals surface area (Å²) in [7, 11) is 1.72. The summed E-state index contributed by atoms with van der Waals surface area (Å²) in [6.07, 6.45) is 1.77. The summed E-state index contributed by atoms with van der Waals surface area (Å²) in [5.41, 5.74) is 1.89. The fourth-order valence-corrected chi connectivity index (χ4v) is 3.83. The second-order valence-corrected chi connectivity index (χ2v) is 7.13. The molecule has 28 heavy (non-hydrogen) atoms. The third-order valence-electron chi connectivity index (χ3n) is 5.35. The Morgan fingerprint density at radius 2 is 1.79 bits per heavy atom. The third-order valence-corrected chi connectivity index (χ3v) is 5.35. The summed E-state index contributed by atoms with van der Waals surface area (Å²) < 4.78 is 5.49. The van der Waals surface area contributed by atoms with Crippen molar-refractivity contribution in [3.63, 3.8) is 0 Å². The quantitative estimate of drug-likeness (QED) is 0.715. The number of para-hydroxylation sites is 3. The number of methoxy groups -OCH3 is 1. The topological polar surface area (TPSA) is 61.5 Å². The number of hydrogen-bond donors (Lipinski definition) is 1. The molecule has 1 aliphatic rings. The van der Waals surface area contributed by atoms with Crippen molar-refractivity contribution in [2.24, 2.45) is 0 Å². The number of anilines is 1. The van der Waals surface area contributed by atoms with Crippen LogP contribution >= 0.6 is 0 Å². The molecule has 0 amide bonds. The van der Waals surface area contributed by atoms with Crippen LogP contribution in [0.15, 0.2) is 53.3 Å². The van der Waals surface area contributed by atoms with Crippen LogP contribution in [0.4, 0.5) is 5.69 Å². The van der Waals surface area contributed by atoms with Gasteiger partial charge >= 0.3 is 0 Å². The van der Waals surface area contributed by atoms with E-state index in [1.54, 1.807) is 7.11 Å². The zero-order chi connectivity index (χ0) is 19.3. The summed E-state index contributed by atoms with van der Waals surface area (Å²) in [5.74, 6) is 1.71. The number of fused-ring (bicyclic) bond motifs is 1. The van der Waals surface area contributed by atoms with Gasteiger partial charge in [0.05, 0.1) is 23.7 Å². The highest BCUT2D eigenvalue weighted by Crippen LogP contribution is 2.28. The average molecular weight is 378 g/mol. The van der Waals surface area contributed by atoms with Crippen molar-refractivity contribution in [3.05, 3.63) is 64.7 Å². The molecular weight excluding hydrogens is 352 g/mol. The van der Waals surface area contributed by atoms with E-state index in [1.165, 1.54) is 5.69 Å². The summed E-state index contributed by atoms with van der Waals surface area (Å²) in [6.45, 7) is 5.05. The molecule has 0 spiro atoms. The number of benzene rings is 2. The fourth-order valence-electron chi connectivity index (χ4n) is 3.83. The van der Waals surface area contributed by atoms with Gasteiger partial charge in [0, 0.05) is 32.6 Å². The highest BCUT2D eigenvalue weighted by Gasteiger charge is 2.19.